The zero-order valence-corrected chi connectivity index (χ0v) is 15.4. The summed E-state index contributed by atoms with van der Waals surface area (Å²) >= 11 is 0. The largest absolute Gasteiger partial charge is 0.401 e. The fourth-order valence-corrected chi connectivity index (χ4v) is 3.50. The highest BCUT2D eigenvalue weighted by molar-refractivity contribution is 5.98. The molecule has 2 saturated heterocycles. The average molecular weight is 387 g/mol. The Kier molecular flexibility index (Phi) is 5.59. The van der Waals surface area contributed by atoms with Gasteiger partial charge in [-0.25, -0.2) is 0 Å². The van der Waals surface area contributed by atoms with Crippen molar-refractivity contribution in [3.63, 3.8) is 0 Å². The standard InChI is InChI=1S/C16H24F3N7O/c1-20-15(22-12-3-4-24(8-12)11-16(17,18)19)25-5-6-26(14(27)10-25)13-7-21-23(2)9-13/h7,9,12H,3-6,8,10-11H2,1-2H3,(H,20,22). The van der Waals surface area contributed by atoms with E-state index in [1.165, 1.54) is 4.90 Å². The van der Waals surface area contributed by atoms with Crippen molar-refractivity contribution >= 4 is 17.6 Å². The molecule has 3 rings (SSSR count). The maximum atomic E-state index is 12.5. The number of hydrogen-bond acceptors (Lipinski definition) is 4. The Morgan fingerprint density at radius 1 is 1.37 bits per heavy atom. The smallest absolute Gasteiger partial charge is 0.352 e. The lowest BCUT2D eigenvalue weighted by Crippen LogP contribution is -2.57. The molecule has 27 heavy (non-hydrogen) atoms. The molecule has 0 aliphatic carbocycles. The Bertz CT molecular complexity index is 702. The van der Waals surface area contributed by atoms with Gasteiger partial charge in [0.2, 0.25) is 5.91 Å². The molecule has 0 saturated carbocycles. The number of guanidine groups is 1. The predicted molar refractivity (Wildman–Crippen MR) is 94.5 cm³/mol. The average Bonchev–Trinajstić information content (AvgIpc) is 3.20. The number of carbonyl (C=O) groups excluding carboxylic acids is 1. The summed E-state index contributed by atoms with van der Waals surface area (Å²) in [5.74, 6) is 0.482. The maximum Gasteiger partial charge on any atom is 0.401 e. The first-order valence-electron chi connectivity index (χ1n) is 8.81. The van der Waals surface area contributed by atoms with Crippen molar-refractivity contribution in [1.82, 2.24) is 24.9 Å². The number of hydrogen-bond donors (Lipinski definition) is 1. The van der Waals surface area contributed by atoms with Crippen LogP contribution in [0.4, 0.5) is 18.9 Å². The Labute approximate surface area is 155 Å². The zero-order valence-electron chi connectivity index (χ0n) is 15.4. The number of rotatable bonds is 3. The quantitative estimate of drug-likeness (QED) is 0.596. The third kappa shape index (κ3) is 4.90. The van der Waals surface area contributed by atoms with Gasteiger partial charge in [-0.2, -0.15) is 18.3 Å². The summed E-state index contributed by atoms with van der Waals surface area (Å²) in [5.41, 5.74) is 0.753. The molecular weight excluding hydrogens is 363 g/mol. The van der Waals surface area contributed by atoms with Gasteiger partial charge in [0.05, 0.1) is 18.4 Å². The van der Waals surface area contributed by atoms with Crippen LogP contribution in [-0.2, 0) is 11.8 Å². The minimum atomic E-state index is -4.19. The molecule has 1 amide bonds. The van der Waals surface area contributed by atoms with Crippen LogP contribution in [0.15, 0.2) is 17.4 Å². The summed E-state index contributed by atoms with van der Waals surface area (Å²) in [6.07, 6.45) is -0.146. The van der Waals surface area contributed by atoms with Gasteiger partial charge >= 0.3 is 6.18 Å². The molecule has 1 aromatic heterocycles. The lowest BCUT2D eigenvalue weighted by molar-refractivity contribution is -0.143. The third-order valence-corrected chi connectivity index (χ3v) is 4.74. The molecule has 1 aromatic rings. The number of alkyl halides is 3. The van der Waals surface area contributed by atoms with E-state index in [4.69, 9.17) is 0 Å². The lowest BCUT2D eigenvalue weighted by Gasteiger charge is -2.36. The van der Waals surface area contributed by atoms with Gasteiger partial charge in [-0.3, -0.25) is 19.4 Å². The van der Waals surface area contributed by atoms with Gasteiger partial charge in [0.1, 0.15) is 6.54 Å². The van der Waals surface area contributed by atoms with E-state index in [-0.39, 0.29) is 18.5 Å². The highest BCUT2D eigenvalue weighted by Crippen LogP contribution is 2.20. The number of likely N-dealkylation sites (tertiary alicyclic amines) is 1. The molecular formula is C16H24F3N7O. The molecule has 3 heterocycles. The number of carbonyl (C=O) groups is 1. The Morgan fingerprint density at radius 3 is 2.74 bits per heavy atom. The van der Waals surface area contributed by atoms with E-state index in [0.29, 0.717) is 38.6 Å². The van der Waals surface area contributed by atoms with E-state index >= 15 is 0 Å². The van der Waals surface area contributed by atoms with Crippen molar-refractivity contribution in [2.45, 2.75) is 18.6 Å². The topological polar surface area (TPSA) is 69.0 Å². The fourth-order valence-electron chi connectivity index (χ4n) is 3.50. The summed E-state index contributed by atoms with van der Waals surface area (Å²) < 4.78 is 39.2. The van der Waals surface area contributed by atoms with Gasteiger partial charge in [-0.05, 0) is 6.42 Å². The third-order valence-electron chi connectivity index (χ3n) is 4.74. The van der Waals surface area contributed by atoms with Crippen molar-refractivity contribution in [3.8, 4) is 0 Å². The highest BCUT2D eigenvalue weighted by atomic mass is 19.4. The number of nitrogens with one attached hydrogen (secondary N) is 1. The highest BCUT2D eigenvalue weighted by Gasteiger charge is 2.35. The molecule has 2 fully saturated rings. The molecule has 1 atom stereocenters. The minimum Gasteiger partial charge on any atom is -0.352 e. The van der Waals surface area contributed by atoms with Crippen LogP contribution in [0.2, 0.25) is 0 Å². The lowest BCUT2D eigenvalue weighted by atomic mass is 10.2. The van der Waals surface area contributed by atoms with Crippen LogP contribution in [0.5, 0.6) is 0 Å². The molecule has 1 N–H and O–H groups in total. The van der Waals surface area contributed by atoms with Crippen molar-refractivity contribution < 1.29 is 18.0 Å². The Morgan fingerprint density at radius 2 is 2.15 bits per heavy atom. The molecule has 1 unspecified atom stereocenters. The number of nitrogens with zero attached hydrogens (tertiary/aromatic N) is 6. The minimum absolute atomic E-state index is 0.0673. The molecule has 2 aliphatic heterocycles. The number of aliphatic imine (C=N–C) groups is 1. The molecule has 8 nitrogen and oxygen atoms in total. The molecule has 0 bridgehead atoms. The monoisotopic (exact) mass is 387 g/mol. The van der Waals surface area contributed by atoms with E-state index in [2.05, 4.69) is 15.4 Å². The Balaban J connectivity index is 1.54. The van der Waals surface area contributed by atoms with Gasteiger partial charge < -0.3 is 15.1 Å². The fraction of sp³-hybridized carbons (Fsp3) is 0.688. The number of piperazine rings is 1. The summed E-state index contributed by atoms with van der Waals surface area (Å²) in [7, 11) is 3.41. The van der Waals surface area contributed by atoms with Crippen LogP contribution in [0.3, 0.4) is 0 Å². The van der Waals surface area contributed by atoms with E-state index < -0.39 is 12.7 Å². The van der Waals surface area contributed by atoms with Crippen molar-refractivity contribution in [2.75, 3.05) is 51.2 Å². The van der Waals surface area contributed by atoms with Crippen molar-refractivity contribution in [1.29, 1.82) is 0 Å². The van der Waals surface area contributed by atoms with Crippen LogP contribution in [0.25, 0.3) is 0 Å². The Hall–Kier alpha value is -2.30. The SMILES string of the molecule is CN=C(NC1CCN(CC(F)(F)F)C1)N1CCN(c2cnn(C)c2)C(=O)C1. The van der Waals surface area contributed by atoms with Crippen molar-refractivity contribution in [3.05, 3.63) is 12.4 Å². The molecule has 2 aliphatic rings. The summed E-state index contributed by atoms with van der Waals surface area (Å²) in [6, 6.07) is -0.113. The van der Waals surface area contributed by atoms with Crippen LogP contribution in [0.1, 0.15) is 6.42 Å². The summed E-state index contributed by atoms with van der Waals surface area (Å²) in [6.45, 7) is 1.04. The van der Waals surface area contributed by atoms with Crippen LogP contribution < -0.4 is 10.2 Å². The first-order valence-corrected chi connectivity index (χ1v) is 8.81. The second kappa shape index (κ2) is 7.75. The first kappa shape index (κ1) is 19.5. The van der Waals surface area contributed by atoms with Gasteiger partial charge in [-0.1, -0.05) is 0 Å². The zero-order chi connectivity index (χ0) is 19.6. The molecule has 0 aromatic carbocycles. The van der Waals surface area contributed by atoms with E-state index in [1.807, 2.05) is 4.90 Å². The van der Waals surface area contributed by atoms with Gasteiger partial charge in [0, 0.05) is 52.5 Å². The predicted octanol–water partition coefficient (Wildman–Crippen LogP) is 0.281. The van der Waals surface area contributed by atoms with Crippen LogP contribution in [0, 0.1) is 0 Å². The van der Waals surface area contributed by atoms with E-state index in [0.717, 1.165) is 5.69 Å². The van der Waals surface area contributed by atoms with Crippen molar-refractivity contribution in [2.24, 2.45) is 12.0 Å². The molecule has 11 heteroatoms. The second-order valence-corrected chi connectivity index (χ2v) is 6.87. The van der Waals surface area contributed by atoms with E-state index in [1.54, 1.807) is 36.1 Å². The van der Waals surface area contributed by atoms with Gasteiger partial charge in [0.25, 0.3) is 0 Å². The summed E-state index contributed by atoms with van der Waals surface area (Å²) in [5, 5.41) is 7.30. The normalized spacial score (nSPS) is 22.6. The van der Waals surface area contributed by atoms with Crippen LogP contribution >= 0.6 is 0 Å². The molecule has 150 valence electrons. The van der Waals surface area contributed by atoms with Gasteiger partial charge in [-0.15, -0.1) is 0 Å². The maximum absolute atomic E-state index is 12.5. The number of amides is 1. The summed E-state index contributed by atoms with van der Waals surface area (Å²) in [4.78, 5) is 21.6. The number of aryl methyl sites for hydroxylation is 1. The molecule has 0 radical (unpaired) electrons. The second-order valence-electron chi connectivity index (χ2n) is 6.87. The molecule has 0 spiro atoms. The van der Waals surface area contributed by atoms with Gasteiger partial charge in [0.15, 0.2) is 5.96 Å². The number of halogens is 3. The van der Waals surface area contributed by atoms with E-state index in [9.17, 15) is 18.0 Å². The van der Waals surface area contributed by atoms with Crippen LogP contribution in [-0.4, -0.2) is 90.0 Å². The first-order chi connectivity index (χ1) is 12.7. The number of aromatic nitrogens is 2. The number of anilines is 1.